The van der Waals surface area contributed by atoms with Crippen LogP contribution in [-0.2, 0) is 11.3 Å². The summed E-state index contributed by atoms with van der Waals surface area (Å²) in [6, 6.07) is 8.01. The largest absolute Gasteiger partial charge is 0.376 e. The molecule has 0 bridgehead atoms. The van der Waals surface area contributed by atoms with Gasteiger partial charge in [0.25, 0.3) is 0 Å². The molecule has 0 aromatic heterocycles. The van der Waals surface area contributed by atoms with Crippen molar-refractivity contribution < 1.29 is 4.74 Å². The summed E-state index contributed by atoms with van der Waals surface area (Å²) in [4.78, 5) is 2.38. The second kappa shape index (κ2) is 6.36. The first-order chi connectivity index (χ1) is 8.29. The number of benzene rings is 1. The van der Waals surface area contributed by atoms with Crippen LogP contribution in [0.15, 0.2) is 24.3 Å². The Morgan fingerprint density at radius 3 is 3.00 bits per heavy atom. The lowest BCUT2D eigenvalue weighted by molar-refractivity contribution is -0.0335. The van der Waals surface area contributed by atoms with Crippen molar-refractivity contribution in [2.75, 3.05) is 26.2 Å². The van der Waals surface area contributed by atoms with Crippen molar-refractivity contribution in [3.05, 3.63) is 34.9 Å². The first-order valence-corrected chi connectivity index (χ1v) is 6.45. The average molecular weight is 255 g/mol. The molecule has 0 amide bonds. The van der Waals surface area contributed by atoms with Crippen molar-refractivity contribution >= 4 is 11.6 Å². The number of ether oxygens (including phenoxy) is 1. The van der Waals surface area contributed by atoms with E-state index in [9.17, 15) is 0 Å². The molecule has 3 nitrogen and oxygen atoms in total. The Bertz CT molecular complexity index is 357. The van der Waals surface area contributed by atoms with Crippen LogP contribution in [0.2, 0.25) is 5.02 Å². The SMILES string of the molecule is NCCC1CN(Cc2ccccc2Cl)CCO1. The van der Waals surface area contributed by atoms with Gasteiger partial charge in [0.1, 0.15) is 0 Å². The first-order valence-electron chi connectivity index (χ1n) is 6.07. The number of halogens is 1. The predicted octanol–water partition coefficient (Wildman–Crippen LogP) is 1.89. The van der Waals surface area contributed by atoms with E-state index < -0.39 is 0 Å². The second-order valence-electron chi connectivity index (χ2n) is 4.40. The van der Waals surface area contributed by atoms with Crippen LogP contribution in [0.4, 0.5) is 0 Å². The predicted molar refractivity (Wildman–Crippen MR) is 70.1 cm³/mol. The van der Waals surface area contributed by atoms with Crippen molar-refractivity contribution in [2.24, 2.45) is 5.73 Å². The van der Waals surface area contributed by atoms with Gasteiger partial charge in [-0.25, -0.2) is 0 Å². The van der Waals surface area contributed by atoms with Crippen LogP contribution in [0, 0.1) is 0 Å². The number of morpholine rings is 1. The fraction of sp³-hybridized carbons (Fsp3) is 0.538. The molecular weight excluding hydrogens is 236 g/mol. The van der Waals surface area contributed by atoms with Gasteiger partial charge in [0.2, 0.25) is 0 Å². The molecule has 1 aromatic rings. The average Bonchev–Trinajstić information content (AvgIpc) is 2.33. The molecule has 1 saturated heterocycles. The third-order valence-corrected chi connectivity index (χ3v) is 3.43. The van der Waals surface area contributed by atoms with E-state index in [1.54, 1.807) is 0 Å². The van der Waals surface area contributed by atoms with Gasteiger partial charge in [-0.1, -0.05) is 29.8 Å². The zero-order chi connectivity index (χ0) is 12.1. The molecule has 0 spiro atoms. The fourth-order valence-corrected chi connectivity index (χ4v) is 2.35. The molecule has 0 saturated carbocycles. The monoisotopic (exact) mass is 254 g/mol. The highest BCUT2D eigenvalue weighted by Gasteiger charge is 2.20. The van der Waals surface area contributed by atoms with Gasteiger partial charge in [0.15, 0.2) is 0 Å². The molecular formula is C13H19ClN2O. The van der Waals surface area contributed by atoms with Crippen molar-refractivity contribution in [1.29, 1.82) is 0 Å². The fourth-order valence-electron chi connectivity index (χ4n) is 2.15. The quantitative estimate of drug-likeness (QED) is 0.892. The molecule has 1 unspecified atom stereocenters. The van der Waals surface area contributed by atoms with Crippen LogP contribution in [0.25, 0.3) is 0 Å². The van der Waals surface area contributed by atoms with E-state index in [4.69, 9.17) is 22.1 Å². The maximum Gasteiger partial charge on any atom is 0.0714 e. The summed E-state index contributed by atoms with van der Waals surface area (Å²) in [6.45, 7) is 4.28. The number of hydrogen-bond donors (Lipinski definition) is 1. The normalized spacial score (nSPS) is 21.6. The molecule has 2 N–H and O–H groups in total. The molecule has 0 aliphatic carbocycles. The van der Waals surface area contributed by atoms with Crippen LogP contribution in [0.3, 0.4) is 0 Å². The van der Waals surface area contributed by atoms with Gasteiger partial charge < -0.3 is 10.5 Å². The van der Waals surface area contributed by atoms with Crippen LogP contribution >= 0.6 is 11.6 Å². The lowest BCUT2D eigenvalue weighted by Crippen LogP contribution is -2.42. The molecule has 1 aliphatic rings. The summed E-state index contributed by atoms with van der Waals surface area (Å²) >= 11 is 6.16. The maximum atomic E-state index is 6.16. The molecule has 1 aliphatic heterocycles. The van der Waals surface area contributed by atoms with Crippen molar-refractivity contribution in [1.82, 2.24) is 4.90 Å². The summed E-state index contributed by atoms with van der Waals surface area (Å²) < 4.78 is 5.66. The minimum atomic E-state index is 0.274. The number of nitrogens with two attached hydrogens (primary N) is 1. The minimum Gasteiger partial charge on any atom is -0.376 e. The van der Waals surface area contributed by atoms with Crippen LogP contribution in [0.5, 0.6) is 0 Å². The van der Waals surface area contributed by atoms with E-state index in [0.717, 1.165) is 37.7 Å². The molecule has 1 atom stereocenters. The Balaban J connectivity index is 1.92. The summed E-state index contributed by atoms with van der Waals surface area (Å²) in [5.74, 6) is 0. The van der Waals surface area contributed by atoms with Crippen molar-refractivity contribution in [2.45, 2.75) is 19.1 Å². The Morgan fingerprint density at radius 1 is 1.41 bits per heavy atom. The maximum absolute atomic E-state index is 6.16. The summed E-state index contributed by atoms with van der Waals surface area (Å²) in [6.07, 6.45) is 1.20. The first kappa shape index (κ1) is 12.8. The number of hydrogen-bond acceptors (Lipinski definition) is 3. The van der Waals surface area contributed by atoms with Gasteiger partial charge >= 0.3 is 0 Å². The molecule has 17 heavy (non-hydrogen) atoms. The standard InChI is InChI=1S/C13H19ClN2O/c14-13-4-2-1-3-11(13)9-16-7-8-17-12(10-16)5-6-15/h1-4,12H,5-10,15H2. The highest BCUT2D eigenvalue weighted by molar-refractivity contribution is 6.31. The van der Waals surface area contributed by atoms with Gasteiger partial charge in [-0.2, -0.15) is 0 Å². The molecule has 2 rings (SSSR count). The minimum absolute atomic E-state index is 0.274. The van der Waals surface area contributed by atoms with Crippen LogP contribution in [0.1, 0.15) is 12.0 Å². The van der Waals surface area contributed by atoms with E-state index in [1.807, 2.05) is 18.2 Å². The van der Waals surface area contributed by atoms with Crippen LogP contribution in [-0.4, -0.2) is 37.2 Å². The lowest BCUT2D eigenvalue weighted by atomic mass is 10.1. The highest BCUT2D eigenvalue weighted by atomic mass is 35.5. The molecule has 1 fully saturated rings. The molecule has 1 aromatic carbocycles. The Kier molecular flexibility index (Phi) is 4.80. The van der Waals surface area contributed by atoms with E-state index >= 15 is 0 Å². The molecule has 4 heteroatoms. The Morgan fingerprint density at radius 2 is 2.24 bits per heavy atom. The van der Waals surface area contributed by atoms with Gasteiger partial charge in [-0.05, 0) is 24.6 Å². The topological polar surface area (TPSA) is 38.5 Å². The zero-order valence-electron chi connectivity index (χ0n) is 9.94. The van der Waals surface area contributed by atoms with Crippen molar-refractivity contribution in [3.8, 4) is 0 Å². The van der Waals surface area contributed by atoms with Crippen molar-refractivity contribution in [3.63, 3.8) is 0 Å². The third-order valence-electron chi connectivity index (χ3n) is 3.06. The van der Waals surface area contributed by atoms with Gasteiger partial charge in [-0.15, -0.1) is 0 Å². The summed E-state index contributed by atoms with van der Waals surface area (Å²) in [7, 11) is 0. The summed E-state index contributed by atoms with van der Waals surface area (Å²) in [5.41, 5.74) is 6.74. The molecule has 94 valence electrons. The van der Waals surface area contributed by atoms with Gasteiger partial charge in [0.05, 0.1) is 12.7 Å². The smallest absolute Gasteiger partial charge is 0.0714 e. The zero-order valence-corrected chi connectivity index (χ0v) is 10.7. The molecule has 1 heterocycles. The van der Waals surface area contributed by atoms with E-state index in [1.165, 1.54) is 5.56 Å². The van der Waals surface area contributed by atoms with Crippen LogP contribution < -0.4 is 5.73 Å². The van der Waals surface area contributed by atoms with E-state index in [2.05, 4.69) is 11.0 Å². The summed E-state index contributed by atoms with van der Waals surface area (Å²) in [5, 5.41) is 0.842. The van der Waals surface area contributed by atoms with E-state index in [0.29, 0.717) is 6.54 Å². The van der Waals surface area contributed by atoms with Gasteiger partial charge in [-0.3, -0.25) is 4.90 Å². The third kappa shape index (κ3) is 3.68. The van der Waals surface area contributed by atoms with E-state index in [-0.39, 0.29) is 6.10 Å². The number of nitrogens with zero attached hydrogens (tertiary/aromatic N) is 1. The highest BCUT2D eigenvalue weighted by Crippen LogP contribution is 2.18. The van der Waals surface area contributed by atoms with Gasteiger partial charge in [0, 0.05) is 24.7 Å². The Labute approximate surface area is 107 Å². The lowest BCUT2D eigenvalue weighted by Gasteiger charge is -2.33. The number of rotatable bonds is 4. The second-order valence-corrected chi connectivity index (χ2v) is 4.80. The Hall–Kier alpha value is -0.610. The molecule has 0 radical (unpaired) electrons.